The van der Waals surface area contributed by atoms with E-state index in [2.05, 4.69) is 32.1 Å². The molecule has 2 heteroatoms. The smallest absolute Gasteiger partial charge is 0.119 e. The predicted molar refractivity (Wildman–Crippen MR) is 67.5 cm³/mol. The van der Waals surface area contributed by atoms with E-state index < -0.39 is 0 Å². The van der Waals surface area contributed by atoms with Gasteiger partial charge in [0.05, 0.1) is 7.11 Å². The number of ether oxygens (including phenoxy) is 1. The molecule has 0 radical (unpaired) electrons. The molecule has 86 valence electrons. The van der Waals surface area contributed by atoms with E-state index in [1.807, 2.05) is 6.07 Å². The number of rotatable bonds is 3. The zero-order valence-corrected chi connectivity index (χ0v) is 10.2. The summed E-state index contributed by atoms with van der Waals surface area (Å²) in [5.41, 5.74) is 9.96. The van der Waals surface area contributed by atoms with Crippen molar-refractivity contribution < 1.29 is 4.74 Å². The van der Waals surface area contributed by atoms with Crippen molar-refractivity contribution in [1.82, 2.24) is 0 Å². The van der Waals surface area contributed by atoms with Crippen molar-refractivity contribution in [2.45, 2.75) is 20.3 Å². The summed E-state index contributed by atoms with van der Waals surface area (Å²) in [7, 11) is 1.70. The van der Waals surface area contributed by atoms with Gasteiger partial charge in [0.1, 0.15) is 5.75 Å². The fourth-order valence-electron chi connectivity index (χ4n) is 2.01. The molecule has 0 aliphatic heterocycles. The Balaban J connectivity index is 2.33. The minimum atomic E-state index is 0.0895. The summed E-state index contributed by atoms with van der Waals surface area (Å²) in [6.45, 7) is 5.08. The Labute approximate surface area is 97.1 Å². The Morgan fingerprint density at radius 3 is 2.75 bits per heavy atom. The first-order valence-corrected chi connectivity index (χ1v) is 5.65. The Kier molecular flexibility index (Phi) is 2.76. The van der Waals surface area contributed by atoms with E-state index in [1.54, 1.807) is 7.11 Å². The van der Waals surface area contributed by atoms with Gasteiger partial charge in [-0.1, -0.05) is 31.6 Å². The van der Waals surface area contributed by atoms with Gasteiger partial charge in [0, 0.05) is 6.54 Å². The summed E-state index contributed by atoms with van der Waals surface area (Å²) in [6.07, 6.45) is 3.27. The number of fused-ring (bicyclic) bond motifs is 1. The van der Waals surface area contributed by atoms with Gasteiger partial charge >= 0.3 is 0 Å². The van der Waals surface area contributed by atoms with Crippen molar-refractivity contribution in [2.75, 3.05) is 13.7 Å². The molecule has 16 heavy (non-hydrogen) atoms. The highest BCUT2D eigenvalue weighted by atomic mass is 16.5. The van der Waals surface area contributed by atoms with Crippen LogP contribution in [0.15, 0.2) is 23.8 Å². The van der Waals surface area contributed by atoms with Crippen molar-refractivity contribution in [3.63, 3.8) is 0 Å². The van der Waals surface area contributed by atoms with E-state index >= 15 is 0 Å². The van der Waals surface area contributed by atoms with Gasteiger partial charge < -0.3 is 10.5 Å². The van der Waals surface area contributed by atoms with Gasteiger partial charge in [0.25, 0.3) is 0 Å². The lowest BCUT2D eigenvalue weighted by molar-refractivity contribution is 0.414. The number of hydrogen-bond acceptors (Lipinski definition) is 2. The topological polar surface area (TPSA) is 35.2 Å². The second-order valence-electron chi connectivity index (χ2n) is 5.00. The minimum Gasteiger partial charge on any atom is -0.497 e. The van der Waals surface area contributed by atoms with E-state index in [1.165, 1.54) is 16.7 Å². The van der Waals surface area contributed by atoms with Crippen molar-refractivity contribution in [2.24, 2.45) is 11.1 Å². The van der Waals surface area contributed by atoms with Crippen LogP contribution in [0.3, 0.4) is 0 Å². The molecular weight excluding hydrogens is 198 g/mol. The molecule has 1 aliphatic rings. The van der Waals surface area contributed by atoms with Crippen LogP contribution in [0.4, 0.5) is 0 Å². The lowest BCUT2D eigenvalue weighted by Crippen LogP contribution is -2.25. The van der Waals surface area contributed by atoms with Crippen LogP contribution in [-0.2, 0) is 6.42 Å². The van der Waals surface area contributed by atoms with Crippen molar-refractivity contribution in [3.05, 3.63) is 34.9 Å². The Bertz CT molecular complexity index is 432. The summed E-state index contributed by atoms with van der Waals surface area (Å²) in [5.74, 6) is 0.918. The first-order chi connectivity index (χ1) is 7.56. The molecule has 0 bridgehead atoms. The molecule has 2 nitrogen and oxygen atoms in total. The Morgan fingerprint density at radius 1 is 1.38 bits per heavy atom. The second kappa shape index (κ2) is 3.95. The van der Waals surface area contributed by atoms with E-state index in [9.17, 15) is 0 Å². The van der Waals surface area contributed by atoms with E-state index in [0.29, 0.717) is 6.54 Å². The molecule has 1 aliphatic carbocycles. The van der Waals surface area contributed by atoms with Crippen LogP contribution in [0.1, 0.15) is 25.0 Å². The van der Waals surface area contributed by atoms with Gasteiger partial charge in [-0.25, -0.2) is 0 Å². The van der Waals surface area contributed by atoms with Gasteiger partial charge in [-0.2, -0.15) is 0 Å². The first-order valence-electron chi connectivity index (χ1n) is 5.65. The van der Waals surface area contributed by atoms with Crippen LogP contribution in [0.25, 0.3) is 6.08 Å². The SMILES string of the molecule is COc1ccc2c(c1)C=C(C(C)(C)CN)C2. The van der Waals surface area contributed by atoms with E-state index in [0.717, 1.165) is 12.2 Å². The standard InChI is InChI=1S/C14H19NO/c1-14(2,9-15)12-6-10-4-5-13(16-3)8-11(10)7-12/h4-5,7-8H,6,9,15H2,1-3H3. The predicted octanol–water partition coefficient (Wildman–Crippen LogP) is 2.62. The van der Waals surface area contributed by atoms with Crippen molar-refractivity contribution in [1.29, 1.82) is 0 Å². The van der Waals surface area contributed by atoms with E-state index in [4.69, 9.17) is 10.5 Å². The van der Waals surface area contributed by atoms with Crippen LogP contribution in [0.2, 0.25) is 0 Å². The first kappa shape index (κ1) is 11.2. The maximum Gasteiger partial charge on any atom is 0.119 e. The highest BCUT2D eigenvalue weighted by Gasteiger charge is 2.26. The second-order valence-corrected chi connectivity index (χ2v) is 5.00. The molecule has 2 rings (SSSR count). The number of methoxy groups -OCH3 is 1. The molecule has 0 saturated heterocycles. The third kappa shape index (κ3) is 1.85. The van der Waals surface area contributed by atoms with Gasteiger partial charge in [0.15, 0.2) is 0 Å². The van der Waals surface area contributed by atoms with Crippen LogP contribution < -0.4 is 10.5 Å². The largest absolute Gasteiger partial charge is 0.497 e. The number of benzene rings is 1. The molecule has 1 aromatic rings. The van der Waals surface area contributed by atoms with Gasteiger partial charge in [-0.15, -0.1) is 0 Å². The highest BCUT2D eigenvalue weighted by Crippen LogP contribution is 2.37. The molecule has 0 spiro atoms. The molecule has 2 N–H and O–H groups in total. The molecule has 1 aromatic carbocycles. The van der Waals surface area contributed by atoms with Crippen LogP contribution in [0.5, 0.6) is 5.75 Å². The Morgan fingerprint density at radius 2 is 2.12 bits per heavy atom. The summed E-state index contributed by atoms with van der Waals surface area (Å²) in [6, 6.07) is 6.25. The molecule has 0 heterocycles. The van der Waals surface area contributed by atoms with Crippen LogP contribution >= 0.6 is 0 Å². The zero-order chi connectivity index (χ0) is 11.8. The highest BCUT2D eigenvalue weighted by molar-refractivity contribution is 5.66. The number of nitrogens with two attached hydrogens (primary N) is 1. The van der Waals surface area contributed by atoms with Gasteiger partial charge in [0.2, 0.25) is 0 Å². The molecule has 0 fully saturated rings. The summed E-state index contributed by atoms with van der Waals surface area (Å²) >= 11 is 0. The van der Waals surface area contributed by atoms with Gasteiger partial charge in [-0.3, -0.25) is 0 Å². The fourth-order valence-corrected chi connectivity index (χ4v) is 2.01. The van der Waals surface area contributed by atoms with Crippen LogP contribution in [-0.4, -0.2) is 13.7 Å². The maximum absolute atomic E-state index is 5.81. The molecule has 0 amide bonds. The molecule has 0 aromatic heterocycles. The summed E-state index contributed by atoms with van der Waals surface area (Å²) in [4.78, 5) is 0. The molecule has 0 atom stereocenters. The molecule has 0 unspecified atom stereocenters. The summed E-state index contributed by atoms with van der Waals surface area (Å²) < 4.78 is 5.23. The molecular formula is C14H19NO. The lowest BCUT2D eigenvalue weighted by atomic mass is 9.83. The average molecular weight is 217 g/mol. The third-order valence-corrected chi connectivity index (χ3v) is 3.44. The quantitative estimate of drug-likeness (QED) is 0.844. The van der Waals surface area contributed by atoms with Gasteiger partial charge in [-0.05, 0) is 35.1 Å². The molecule has 0 saturated carbocycles. The van der Waals surface area contributed by atoms with Crippen LogP contribution in [0, 0.1) is 5.41 Å². The van der Waals surface area contributed by atoms with Crippen molar-refractivity contribution >= 4 is 6.08 Å². The van der Waals surface area contributed by atoms with Crippen molar-refractivity contribution in [3.8, 4) is 5.75 Å². The average Bonchev–Trinajstić information content (AvgIpc) is 2.72. The third-order valence-electron chi connectivity index (χ3n) is 3.44. The lowest BCUT2D eigenvalue weighted by Gasteiger charge is -2.24. The summed E-state index contributed by atoms with van der Waals surface area (Å²) in [5, 5.41) is 0. The van der Waals surface area contributed by atoms with E-state index in [-0.39, 0.29) is 5.41 Å². The maximum atomic E-state index is 5.81. The zero-order valence-electron chi connectivity index (χ0n) is 10.2. The Hall–Kier alpha value is -1.28. The normalized spacial score (nSPS) is 14.6. The number of hydrogen-bond donors (Lipinski definition) is 1. The fraction of sp³-hybridized carbons (Fsp3) is 0.429. The monoisotopic (exact) mass is 217 g/mol. The minimum absolute atomic E-state index is 0.0895.